The van der Waals surface area contributed by atoms with E-state index in [-0.39, 0.29) is 17.5 Å². The molecular weight excluding hydrogens is 572 g/mol. The number of esters is 4. The fourth-order valence-corrected chi connectivity index (χ4v) is 7.89. The number of aliphatic hydroxyl groups excluding tert-OH is 1. The summed E-state index contributed by atoms with van der Waals surface area (Å²) in [5.41, 5.74) is -6.62. The maximum absolute atomic E-state index is 13.6. The van der Waals surface area contributed by atoms with Crippen LogP contribution in [0, 0.1) is 11.3 Å². The van der Waals surface area contributed by atoms with Crippen LogP contribution in [0.5, 0.6) is 0 Å². The molecule has 3 aliphatic rings. The average Bonchev–Trinajstić information content (AvgIpc) is 3.16. The maximum atomic E-state index is 13.6. The van der Waals surface area contributed by atoms with Crippen molar-refractivity contribution in [3.05, 3.63) is 71.8 Å². The Morgan fingerprint density at radius 2 is 1.20 bits per heavy atom. The van der Waals surface area contributed by atoms with Gasteiger partial charge in [0, 0.05) is 20.3 Å². The van der Waals surface area contributed by atoms with Gasteiger partial charge in [0.05, 0.1) is 39.8 Å². The second kappa shape index (κ2) is 11.0. The van der Waals surface area contributed by atoms with E-state index >= 15 is 0 Å². The van der Waals surface area contributed by atoms with Crippen molar-refractivity contribution in [2.75, 3.05) is 0 Å². The number of benzene rings is 2. The first kappa shape index (κ1) is 31.6. The zero-order valence-corrected chi connectivity index (χ0v) is 25.5. The van der Waals surface area contributed by atoms with Crippen LogP contribution < -0.4 is 0 Å². The summed E-state index contributed by atoms with van der Waals surface area (Å²) in [6.07, 6.45) is -7.40. The molecule has 2 aliphatic carbocycles. The number of rotatable bonds is 6. The van der Waals surface area contributed by atoms with E-state index in [9.17, 15) is 29.4 Å². The molecule has 11 heteroatoms. The average molecular weight is 611 g/mol. The van der Waals surface area contributed by atoms with Crippen molar-refractivity contribution in [3.63, 3.8) is 0 Å². The normalized spacial score (nSPS) is 36.8. The van der Waals surface area contributed by atoms with Crippen LogP contribution in [0.25, 0.3) is 0 Å². The van der Waals surface area contributed by atoms with Crippen LogP contribution in [0.1, 0.15) is 68.7 Å². The molecule has 2 bridgehead atoms. The third-order valence-electron chi connectivity index (χ3n) is 9.43. The van der Waals surface area contributed by atoms with Gasteiger partial charge in [-0.15, -0.1) is 0 Å². The molecule has 1 heterocycles. The Bertz CT molecular complexity index is 1440. The standard InChI is InChI=1S/C33H38O11/c1-18(34)40-24-23-26(42-28(37)20-13-9-7-10-14-20)33(44-30(23,3)4)31(5,39)17-22(36)25(41-19(2)35)32(33,6)27(24)43-29(38)21-15-11-8-12-16-21/h7-16,22-27,36,39H,17H2,1-6H3/t22-,23+,24-,25-,26+,27-,31-,32-,33-/m0/s1. The van der Waals surface area contributed by atoms with Gasteiger partial charge in [0.1, 0.15) is 23.9 Å². The van der Waals surface area contributed by atoms with E-state index in [1.807, 2.05) is 0 Å². The summed E-state index contributed by atoms with van der Waals surface area (Å²) in [6, 6.07) is 16.3. The summed E-state index contributed by atoms with van der Waals surface area (Å²) >= 11 is 0. The molecule has 0 radical (unpaired) electrons. The second-order valence-corrected chi connectivity index (χ2v) is 12.8. The summed E-state index contributed by atoms with van der Waals surface area (Å²) < 4.78 is 30.8. The number of fused-ring (bicyclic) bond motifs is 1. The molecule has 2 aromatic rings. The lowest BCUT2D eigenvalue weighted by molar-refractivity contribution is -0.350. The SMILES string of the molecule is CC(=O)O[C@H]1[C@@H]2[C@@H](OC(=O)c3ccccc3)[C@@]3(OC2(C)C)[C@](C)([C@H]1OC(=O)c1ccccc1)[C@@H](OC(C)=O)[C@@H](O)C[C@]3(C)O. The van der Waals surface area contributed by atoms with Crippen LogP contribution in [0.3, 0.4) is 0 Å². The van der Waals surface area contributed by atoms with Gasteiger partial charge < -0.3 is 33.9 Å². The monoisotopic (exact) mass is 610 g/mol. The highest BCUT2D eigenvalue weighted by atomic mass is 16.6. The molecule has 44 heavy (non-hydrogen) atoms. The van der Waals surface area contributed by atoms with Gasteiger partial charge in [0.25, 0.3) is 0 Å². The molecule has 1 spiro atoms. The molecule has 1 aliphatic heterocycles. The van der Waals surface area contributed by atoms with Crippen molar-refractivity contribution in [1.82, 2.24) is 0 Å². The van der Waals surface area contributed by atoms with Crippen LogP contribution in [-0.2, 0) is 33.3 Å². The number of carbonyl (C=O) groups excluding carboxylic acids is 4. The third-order valence-corrected chi connectivity index (χ3v) is 9.43. The zero-order chi connectivity index (χ0) is 32.2. The van der Waals surface area contributed by atoms with Crippen molar-refractivity contribution in [1.29, 1.82) is 0 Å². The van der Waals surface area contributed by atoms with Crippen LogP contribution in [0.4, 0.5) is 0 Å². The van der Waals surface area contributed by atoms with Gasteiger partial charge >= 0.3 is 23.9 Å². The highest BCUT2D eigenvalue weighted by Gasteiger charge is 2.86. The topological polar surface area (TPSA) is 155 Å². The highest BCUT2D eigenvalue weighted by Crippen LogP contribution is 2.69. The first-order valence-electron chi connectivity index (χ1n) is 14.5. The van der Waals surface area contributed by atoms with Gasteiger partial charge in [-0.3, -0.25) is 9.59 Å². The van der Waals surface area contributed by atoms with Crippen molar-refractivity contribution in [2.45, 2.75) is 95.3 Å². The lowest BCUT2D eigenvalue weighted by Gasteiger charge is -2.65. The number of aliphatic hydroxyl groups is 2. The molecule has 0 aromatic heterocycles. The second-order valence-electron chi connectivity index (χ2n) is 12.8. The van der Waals surface area contributed by atoms with Gasteiger partial charge in [0.2, 0.25) is 0 Å². The van der Waals surface area contributed by atoms with Crippen LogP contribution >= 0.6 is 0 Å². The van der Waals surface area contributed by atoms with Crippen molar-refractivity contribution >= 4 is 23.9 Å². The lowest BCUT2D eigenvalue weighted by atomic mass is 9.46. The molecule has 2 saturated carbocycles. The molecule has 2 aromatic carbocycles. The Hall–Kier alpha value is -3.80. The fourth-order valence-electron chi connectivity index (χ4n) is 7.89. The third kappa shape index (κ3) is 4.78. The van der Waals surface area contributed by atoms with Gasteiger partial charge in [-0.2, -0.15) is 0 Å². The zero-order valence-electron chi connectivity index (χ0n) is 25.5. The first-order valence-corrected chi connectivity index (χ1v) is 14.5. The number of hydrogen-bond donors (Lipinski definition) is 2. The molecule has 1 saturated heterocycles. The van der Waals surface area contributed by atoms with Gasteiger partial charge in [0.15, 0.2) is 6.10 Å². The molecule has 5 rings (SSSR count). The van der Waals surface area contributed by atoms with Crippen molar-refractivity contribution in [2.24, 2.45) is 11.3 Å². The molecule has 11 nitrogen and oxygen atoms in total. The summed E-state index contributed by atoms with van der Waals surface area (Å²) in [6.45, 7) is 8.68. The van der Waals surface area contributed by atoms with E-state index in [4.69, 9.17) is 23.7 Å². The Morgan fingerprint density at radius 1 is 0.727 bits per heavy atom. The molecule has 3 fully saturated rings. The molecular formula is C33H38O11. The fraction of sp³-hybridized carbons (Fsp3) is 0.515. The number of hydrogen-bond acceptors (Lipinski definition) is 11. The highest BCUT2D eigenvalue weighted by molar-refractivity contribution is 5.90. The van der Waals surface area contributed by atoms with E-state index in [2.05, 4.69) is 0 Å². The minimum absolute atomic E-state index is 0.184. The van der Waals surface area contributed by atoms with Gasteiger partial charge in [-0.1, -0.05) is 36.4 Å². The van der Waals surface area contributed by atoms with E-state index in [1.54, 1.807) is 74.5 Å². The molecule has 236 valence electrons. The minimum Gasteiger partial charge on any atom is -0.459 e. The van der Waals surface area contributed by atoms with Crippen LogP contribution in [0.2, 0.25) is 0 Å². The predicted molar refractivity (Wildman–Crippen MR) is 153 cm³/mol. The van der Waals surface area contributed by atoms with Crippen LogP contribution in [-0.4, -0.2) is 81.4 Å². The van der Waals surface area contributed by atoms with Crippen molar-refractivity contribution in [3.8, 4) is 0 Å². The largest absolute Gasteiger partial charge is 0.459 e. The Balaban J connectivity index is 1.77. The molecule has 0 unspecified atom stereocenters. The molecule has 0 amide bonds. The minimum atomic E-state index is -1.95. The molecule has 9 atom stereocenters. The Labute approximate surface area is 255 Å². The number of ether oxygens (including phenoxy) is 5. The number of carbonyl (C=O) groups is 4. The Kier molecular flexibility index (Phi) is 7.89. The maximum Gasteiger partial charge on any atom is 0.338 e. The Morgan fingerprint density at radius 3 is 1.68 bits per heavy atom. The first-order chi connectivity index (χ1) is 20.6. The van der Waals surface area contributed by atoms with Crippen molar-refractivity contribution < 1.29 is 53.1 Å². The van der Waals surface area contributed by atoms with E-state index in [0.29, 0.717) is 0 Å². The summed E-state index contributed by atoms with van der Waals surface area (Å²) in [5, 5.41) is 23.7. The lowest BCUT2D eigenvalue weighted by Crippen LogP contribution is -2.83. The molecule has 2 N–H and O–H groups in total. The van der Waals surface area contributed by atoms with E-state index in [1.165, 1.54) is 20.8 Å². The van der Waals surface area contributed by atoms with E-state index < -0.39 is 82.5 Å². The van der Waals surface area contributed by atoms with Crippen LogP contribution in [0.15, 0.2) is 60.7 Å². The van der Waals surface area contributed by atoms with Gasteiger partial charge in [-0.05, 0) is 52.0 Å². The summed E-state index contributed by atoms with van der Waals surface area (Å²) in [7, 11) is 0. The predicted octanol–water partition coefficient (Wildman–Crippen LogP) is 3.00. The van der Waals surface area contributed by atoms with E-state index in [0.717, 1.165) is 6.92 Å². The summed E-state index contributed by atoms with van der Waals surface area (Å²) in [5.74, 6) is -4.00. The smallest absolute Gasteiger partial charge is 0.338 e. The quantitative estimate of drug-likeness (QED) is 0.366. The van der Waals surface area contributed by atoms with Gasteiger partial charge in [-0.25, -0.2) is 9.59 Å². The summed E-state index contributed by atoms with van der Waals surface area (Å²) in [4.78, 5) is 52.5.